The van der Waals surface area contributed by atoms with Gasteiger partial charge < -0.3 is 4.74 Å². The molecule has 1 rings (SSSR count). The van der Waals surface area contributed by atoms with Gasteiger partial charge in [0.1, 0.15) is 0 Å². The van der Waals surface area contributed by atoms with Gasteiger partial charge in [0.05, 0.1) is 24.3 Å². The van der Waals surface area contributed by atoms with Gasteiger partial charge >= 0.3 is 0 Å². The second kappa shape index (κ2) is 7.52. The Kier molecular flexibility index (Phi) is 6.33. The Morgan fingerprint density at radius 2 is 2.06 bits per heavy atom. The summed E-state index contributed by atoms with van der Waals surface area (Å²) in [4.78, 5) is 13.9. The highest BCUT2D eigenvalue weighted by Gasteiger charge is 2.12. The lowest BCUT2D eigenvalue weighted by Crippen LogP contribution is -2.30. The number of likely N-dealkylation sites (N-methyl/N-ethyl adjacent to an activating group) is 1. The van der Waals surface area contributed by atoms with E-state index in [4.69, 9.17) is 16.3 Å². The number of ketones is 1. The quantitative estimate of drug-likeness (QED) is 0.713. The van der Waals surface area contributed by atoms with E-state index in [-0.39, 0.29) is 11.9 Å². The van der Waals surface area contributed by atoms with Crippen molar-refractivity contribution in [1.29, 1.82) is 0 Å². The smallest absolute Gasteiger partial charge is 0.178 e. The van der Waals surface area contributed by atoms with Gasteiger partial charge in [-0.2, -0.15) is 0 Å². The van der Waals surface area contributed by atoms with E-state index < -0.39 is 0 Å². The minimum Gasteiger partial charge on any atom is -0.377 e. The van der Waals surface area contributed by atoms with Crippen molar-refractivity contribution in [2.24, 2.45) is 0 Å². The van der Waals surface area contributed by atoms with Crippen molar-refractivity contribution in [3.8, 4) is 0 Å². The zero-order valence-corrected chi connectivity index (χ0v) is 11.9. The largest absolute Gasteiger partial charge is 0.377 e. The molecule has 0 amide bonds. The first-order valence-electron chi connectivity index (χ1n) is 6.08. The van der Waals surface area contributed by atoms with E-state index in [0.29, 0.717) is 23.7 Å². The Hall–Kier alpha value is -0.900. The molecule has 4 heteroatoms. The van der Waals surface area contributed by atoms with Crippen LogP contribution in [-0.2, 0) is 4.74 Å². The van der Waals surface area contributed by atoms with Crippen LogP contribution in [0.25, 0.3) is 0 Å². The van der Waals surface area contributed by atoms with Gasteiger partial charge in [-0.15, -0.1) is 0 Å². The van der Waals surface area contributed by atoms with E-state index in [0.717, 1.165) is 6.54 Å². The molecule has 0 aliphatic heterocycles. The molecule has 100 valence electrons. The van der Waals surface area contributed by atoms with Crippen LogP contribution < -0.4 is 0 Å². The second-order valence-corrected chi connectivity index (χ2v) is 4.97. The zero-order valence-electron chi connectivity index (χ0n) is 11.1. The lowest BCUT2D eigenvalue weighted by Gasteiger charge is -2.17. The zero-order chi connectivity index (χ0) is 13.5. The van der Waals surface area contributed by atoms with Gasteiger partial charge in [-0.3, -0.25) is 9.69 Å². The van der Waals surface area contributed by atoms with E-state index in [9.17, 15) is 4.79 Å². The molecule has 1 aromatic carbocycles. The Balaban J connectivity index is 2.43. The first kappa shape index (κ1) is 15.2. The molecule has 0 radical (unpaired) electrons. The molecule has 0 aliphatic rings. The van der Waals surface area contributed by atoms with Gasteiger partial charge in [0, 0.05) is 12.1 Å². The highest BCUT2D eigenvalue weighted by molar-refractivity contribution is 6.34. The molecule has 0 saturated carbocycles. The molecular weight excluding hydrogens is 250 g/mol. The molecule has 0 spiro atoms. The number of benzene rings is 1. The van der Waals surface area contributed by atoms with Crippen molar-refractivity contribution >= 4 is 17.4 Å². The Labute approximate surface area is 114 Å². The second-order valence-electron chi connectivity index (χ2n) is 4.56. The molecular formula is C14H20ClNO2. The molecule has 0 unspecified atom stereocenters. The highest BCUT2D eigenvalue weighted by Crippen LogP contribution is 2.15. The number of rotatable bonds is 7. The van der Waals surface area contributed by atoms with Crippen LogP contribution in [-0.4, -0.2) is 43.5 Å². The number of nitrogens with zero attached hydrogens (tertiary/aromatic N) is 1. The van der Waals surface area contributed by atoms with Crippen molar-refractivity contribution in [2.75, 3.05) is 26.7 Å². The minimum absolute atomic E-state index is 0.0349. The van der Waals surface area contributed by atoms with Crippen molar-refractivity contribution in [3.63, 3.8) is 0 Å². The van der Waals surface area contributed by atoms with E-state index in [2.05, 4.69) is 0 Å². The first-order valence-corrected chi connectivity index (χ1v) is 6.46. The maximum absolute atomic E-state index is 12.0. The maximum atomic E-state index is 12.0. The number of Topliss-reactive ketones (excluding diaryl/α,β-unsaturated/α-hetero) is 1. The third-order valence-corrected chi connectivity index (χ3v) is 2.84. The predicted molar refractivity (Wildman–Crippen MR) is 74.4 cm³/mol. The van der Waals surface area contributed by atoms with Crippen molar-refractivity contribution in [2.45, 2.75) is 20.0 Å². The van der Waals surface area contributed by atoms with Crippen LogP contribution in [0.2, 0.25) is 5.02 Å². The van der Waals surface area contributed by atoms with Gasteiger partial charge in [0.2, 0.25) is 0 Å². The van der Waals surface area contributed by atoms with Crippen molar-refractivity contribution < 1.29 is 9.53 Å². The molecule has 3 nitrogen and oxygen atoms in total. The fourth-order valence-corrected chi connectivity index (χ4v) is 1.78. The minimum atomic E-state index is 0.0349. The maximum Gasteiger partial charge on any atom is 0.178 e. The van der Waals surface area contributed by atoms with Gasteiger partial charge in [-0.25, -0.2) is 0 Å². The van der Waals surface area contributed by atoms with Crippen LogP contribution in [0.3, 0.4) is 0 Å². The third-order valence-electron chi connectivity index (χ3n) is 2.51. The van der Waals surface area contributed by atoms with Crippen LogP contribution in [0, 0.1) is 0 Å². The SMILES string of the molecule is CC(C)OCCN(C)CC(=O)c1ccccc1Cl. The monoisotopic (exact) mass is 269 g/mol. The molecule has 0 heterocycles. The van der Waals surface area contributed by atoms with E-state index >= 15 is 0 Å². The van der Waals surface area contributed by atoms with Crippen molar-refractivity contribution in [1.82, 2.24) is 4.90 Å². The molecule has 18 heavy (non-hydrogen) atoms. The van der Waals surface area contributed by atoms with Crippen LogP contribution in [0.1, 0.15) is 24.2 Å². The molecule has 0 bridgehead atoms. The Morgan fingerprint density at radius 1 is 1.39 bits per heavy atom. The summed E-state index contributed by atoms with van der Waals surface area (Å²) < 4.78 is 5.44. The summed E-state index contributed by atoms with van der Waals surface area (Å²) in [6.07, 6.45) is 0.220. The number of ether oxygens (including phenoxy) is 1. The van der Waals surface area contributed by atoms with Crippen LogP contribution >= 0.6 is 11.6 Å². The Morgan fingerprint density at radius 3 is 2.67 bits per heavy atom. The van der Waals surface area contributed by atoms with Gasteiger partial charge in [0.15, 0.2) is 5.78 Å². The van der Waals surface area contributed by atoms with Crippen LogP contribution in [0.4, 0.5) is 0 Å². The molecule has 0 saturated heterocycles. The van der Waals surface area contributed by atoms with E-state index in [1.807, 2.05) is 37.9 Å². The van der Waals surface area contributed by atoms with Crippen molar-refractivity contribution in [3.05, 3.63) is 34.9 Å². The predicted octanol–water partition coefficient (Wildman–Crippen LogP) is 2.88. The first-order chi connectivity index (χ1) is 8.50. The standard InChI is InChI=1S/C14H20ClNO2/c1-11(2)18-9-8-16(3)10-14(17)12-6-4-5-7-13(12)15/h4-7,11H,8-10H2,1-3H3. The number of hydrogen-bond acceptors (Lipinski definition) is 3. The highest BCUT2D eigenvalue weighted by atomic mass is 35.5. The molecule has 0 atom stereocenters. The molecule has 1 aromatic rings. The van der Waals surface area contributed by atoms with Crippen LogP contribution in [0.5, 0.6) is 0 Å². The lowest BCUT2D eigenvalue weighted by molar-refractivity contribution is 0.0620. The van der Waals surface area contributed by atoms with Gasteiger partial charge in [-0.05, 0) is 33.0 Å². The molecule has 0 fully saturated rings. The van der Waals surface area contributed by atoms with E-state index in [1.54, 1.807) is 12.1 Å². The topological polar surface area (TPSA) is 29.5 Å². The summed E-state index contributed by atoms with van der Waals surface area (Å²) in [7, 11) is 1.90. The van der Waals surface area contributed by atoms with Gasteiger partial charge in [0.25, 0.3) is 0 Å². The lowest BCUT2D eigenvalue weighted by atomic mass is 10.1. The van der Waals surface area contributed by atoms with E-state index in [1.165, 1.54) is 0 Å². The Bertz CT molecular complexity index is 393. The number of halogens is 1. The summed E-state index contributed by atoms with van der Waals surface area (Å²) in [5.74, 6) is 0.0349. The molecule has 0 N–H and O–H groups in total. The van der Waals surface area contributed by atoms with Gasteiger partial charge in [-0.1, -0.05) is 23.7 Å². The summed E-state index contributed by atoms with van der Waals surface area (Å²) in [5, 5.41) is 0.509. The summed E-state index contributed by atoms with van der Waals surface area (Å²) in [5.41, 5.74) is 0.579. The summed E-state index contributed by atoms with van der Waals surface area (Å²) in [6.45, 7) is 5.70. The number of hydrogen-bond donors (Lipinski definition) is 0. The molecule has 0 aromatic heterocycles. The molecule has 0 aliphatic carbocycles. The third kappa shape index (κ3) is 5.17. The number of carbonyl (C=O) groups excluding carboxylic acids is 1. The fraction of sp³-hybridized carbons (Fsp3) is 0.500. The average Bonchev–Trinajstić information content (AvgIpc) is 2.28. The summed E-state index contributed by atoms with van der Waals surface area (Å²) in [6, 6.07) is 7.13. The number of carbonyl (C=O) groups is 1. The fourth-order valence-electron chi connectivity index (χ4n) is 1.54. The summed E-state index contributed by atoms with van der Waals surface area (Å²) >= 11 is 5.98. The average molecular weight is 270 g/mol. The normalized spacial score (nSPS) is 11.2. The van der Waals surface area contributed by atoms with Crippen LogP contribution in [0.15, 0.2) is 24.3 Å².